The Labute approximate surface area is 162 Å². The van der Waals surface area contributed by atoms with Crippen LogP contribution in [0.25, 0.3) is 21.9 Å². The van der Waals surface area contributed by atoms with E-state index in [1.165, 1.54) is 6.07 Å². The number of allylic oxidation sites excluding steroid dienone is 1. The number of rotatable bonds is 5. The Bertz CT molecular complexity index is 1020. The average molecular weight is 378 g/mol. The summed E-state index contributed by atoms with van der Waals surface area (Å²) in [6.45, 7) is 8.90. The zero-order chi connectivity index (χ0) is 20.5. The lowest BCUT2D eigenvalue weighted by atomic mass is 10.0. The van der Waals surface area contributed by atoms with Crippen molar-refractivity contribution in [3.63, 3.8) is 0 Å². The standard InChI is InChI=1S/C20H13FO4.C3H6/c1-2-19(23)25-18-9-7-15-10-14(6-8-17(15)20(18)21)13-4-3-5-16(11-13)24-12-22;1-3-2/h2-12H,1H2;3H,1H2,2H3. The van der Waals surface area contributed by atoms with Crippen LogP contribution in [0.5, 0.6) is 11.5 Å². The molecule has 0 saturated carbocycles. The number of halogens is 1. The van der Waals surface area contributed by atoms with Crippen LogP contribution in [0.15, 0.2) is 79.9 Å². The Balaban J connectivity index is 0.000000878. The highest BCUT2D eigenvalue weighted by atomic mass is 19.1. The lowest BCUT2D eigenvalue weighted by Crippen LogP contribution is -2.04. The van der Waals surface area contributed by atoms with Crippen LogP contribution in [-0.4, -0.2) is 12.4 Å². The van der Waals surface area contributed by atoms with Crippen molar-refractivity contribution in [2.45, 2.75) is 6.92 Å². The molecule has 0 amide bonds. The highest BCUT2D eigenvalue weighted by molar-refractivity contribution is 5.90. The second-order valence-electron chi connectivity index (χ2n) is 5.59. The minimum Gasteiger partial charge on any atom is -0.429 e. The molecule has 3 aromatic carbocycles. The van der Waals surface area contributed by atoms with Crippen LogP contribution < -0.4 is 9.47 Å². The van der Waals surface area contributed by atoms with Crippen LogP contribution in [-0.2, 0) is 9.59 Å². The number of carbonyl (C=O) groups excluding carboxylic acids is 2. The molecule has 0 heterocycles. The minimum absolute atomic E-state index is 0.147. The molecular weight excluding hydrogens is 359 g/mol. The van der Waals surface area contributed by atoms with Crippen LogP contribution in [0.3, 0.4) is 0 Å². The lowest BCUT2D eigenvalue weighted by molar-refractivity contribution is -0.129. The van der Waals surface area contributed by atoms with E-state index in [-0.39, 0.29) is 5.75 Å². The summed E-state index contributed by atoms with van der Waals surface area (Å²) in [6.07, 6.45) is 2.72. The van der Waals surface area contributed by atoms with Gasteiger partial charge in [-0.2, -0.15) is 0 Å². The van der Waals surface area contributed by atoms with Crippen LogP contribution in [0.1, 0.15) is 6.92 Å². The molecular formula is C23H19FO4. The summed E-state index contributed by atoms with van der Waals surface area (Å²) < 4.78 is 24.2. The van der Waals surface area contributed by atoms with Crippen molar-refractivity contribution in [3.8, 4) is 22.6 Å². The molecule has 0 unspecified atom stereocenters. The maximum absolute atomic E-state index is 14.5. The fourth-order valence-electron chi connectivity index (χ4n) is 2.48. The lowest BCUT2D eigenvalue weighted by Gasteiger charge is -2.09. The summed E-state index contributed by atoms with van der Waals surface area (Å²) in [5.41, 5.74) is 1.66. The number of hydrogen-bond acceptors (Lipinski definition) is 4. The second-order valence-corrected chi connectivity index (χ2v) is 5.59. The summed E-state index contributed by atoms with van der Waals surface area (Å²) in [5, 5.41) is 0.980. The fourth-order valence-corrected chi connectivity index (χ4v) is 2.48. The first-order valence-corrected chi connectivity index (χ1v) is 8.38. The number of carbonyl (C=O) groups is 2. The van der Waals surface area contributed by atoms with E-state index in [0.717, 1.165) is 17.2 Å². The molecule has 0 spiro atoms. The summed E-state index contributed by atoms with van der Waals surface area (Å²) in [6, 6.07) is 15.2. The smallest absolute Gasteiger partial charge is 0.335 e. The number of fused-ring (bicyclic) bond motifs is 1. The highest BCUT2D eigenvalue weighted by Gasteiger charge is 2.12. The van der Waals surface area contributed by atoms with Gasteiger partial charge < -0.3 is 9.47 Å². The van der Waals surface area contributed by atoms with Gasteiger partial charge in [0.15, 0.2) is 11.6 Å². The van der Waals surface area contributed by atoms with E-state index in [9.17, 15) is 14.0 Å². The van der Waals surface area contributed by atoms with Crippen molar-refractivity contribution in [1.29, 1.82) is 0 Å². The van der Waals surface area contributed by atoms with Crippen molar-refractivity contribution in [1.82, 2.24) is 0 Å². The van der Waals surface area contributed by atoms with E-state index in [1.54, 1.807) is 48.5 Å². The van der Waals surface area contributed by atoms with Gasteiger partial charge in [-0.15, -0.1) is 6.58 Å². The largest absolute Gasteiger partial charge is 0.429 e. The van der Waals surface area contributed by atoms with Crippen molar-refractivity contribution in [2.24, 2.45) is 0 Å². The molecule has 28 heavy (non-hydrogen) atoms. The Morgan fingerprint density at radius 3 is 2.43 bits per heavy atom. The zero-order valence-electron chi connectivity index (χ0n) is 15.4. The van der Waals surface area contributed by atoms with Gasteiger partial charge in [-0.05, 0) is 47.7 Å². The molecule has 0 atom stereocenters. The van der Waals surface area contributed by atoms with Crippen molar-refractivity contribution >= 4 is 23.2 Å². The molecule has 0 fully saturated rings. The van der Waals surface area contributed by atoms with Crippen LogP contribution >= 0.6 is 0 Å². The van der Waals surface area contributed by atoms with E-state index in [4.69, 9.17) is 9.47 Å². The summed E-state index contributed by atoms with van der Waals surface area (Å²) in [5.74, 6) is -1.06. The molecule has 0 aliphatic heterocycles. The first kappa shape index (κ1) is 20.6. The van der Waals surface area contributed by atoms with Crippen molar-refractivity contribution < 1.29 is 23.5 Å². The van der Waals surface area contributed by atoms with Gasteiger partial charge in [0.25, 0.3) is 6.47 Å². The van der Waals surface area contributed by atoms with E-state index < -0.39 is 11.8 Å². The minimum atomic E-state index is -0.720. The molecule has 0 saturated heterocycles. The van der Waals surface area contributed by atoms with Gasteiger partial charge >= 0.3 is 5.97 Å². The van der Waals surface area contributed by atoms with E-state index >= 15 is 0 Å². The van der Waals surface area contributed by atoms with Crippen LogP contribution in [0, 0.1) is 5.82 Å². The Kier molecular flexibility index (Phi) is 7.22. The molecule has 0 N–H and O–H groups in total. The van der Waals surface area contributed by atoms with Gasteiger partial charge in [-0.1, -0.05) is 43.0 Å². The Hall–Kier alpha value is -3.73. The van der Waals surface area contributed by atoms with Gasteiger partial charge in [0, 0.05) is 11.5 Å². The Morgan fingerprint density at radius 1 is 1.04 bits per heavy atom. The normalized spacial score (nSPS) is 9.64. The third kappa shape index (κ3) is 4.92. The zero-order valence-corrected chi connectivity index (χ0v) is 15.4. The maximum Gasteiger partial charge on any atom is 0.335 e. The molecule has 0 radical (unpaired) electrons. The predicted molar refractivity (Wildman–Crippen MR) is 108 cm³/mol. The Morgan fingerprint density at radius 2 is 1.75 bits per heavy atom. The molecule has 0 aliphatic rings. The summed E-state index contributed by atoms with van der Waals surface area (Å²) >= 11 is 0. The summed E-state index contributed by atoms with van der Waals surface area (Å²) in [4.78, 5) is 21.7. The average Bonchev–Trinajstić information content (AvgIpc) is 2.71. The third-order valence-corrected chi connectivity index (χ3v) is 3.65. The SMILES string of the molecule is C=CC.C=CC(=O)Oc1ccc2cc(-c3cccc(OC=O)c3)ccc2c1F. The molecule has 3 rings (SSSR count). The molecule has 0 bridgehead atoms. The highest BCUT2D eigenvalue weighted by Crippen LogP contribution is 2.31. The van der Waals surface area contributed by atoms with E-state index in [2.05, 4.69) is 13.2 Å². The third-order valence-electron chi connectivity index (χ3n) is 3.65. The molecule has 0 aromatic heterocycles. The van der Waals surface area contributed by atoms with E-state index in [0.29, 0.717) is 23.0 Å². The van der Waals surface area contributed by atoms with Gasteiger partial charge in [-0.25, -0.2) is 9.18 Å². The second kappa shape index (κ2) is 9.83. The predicted octanol–water partition coefficient (Wildman–Crippen LogP) is 5.46. The van der Waals surface area contributed by atoms with Gasteiger partial charge in [0.1, 0.15) is 5.75 Å². The van der Waals surface area contributed by atoms with Crippen LogP contribution in [0.4, 0.5) is 4.39 Å². The first-order chi connectivity index (χ1) is 13.5. The van der Waals surface area contributed by atoms with Gasteiger partial charge in [0.05, 0.1) is 0 Å². The fraction of sp³-hybridized carbons (Fsp3) is 0.0435. The molecule has 142 valence electrons. The number of benzene rings is 3. The molecule has 4 nitrogen and oxygen atoms in total. The molecule has 5 heteroatoms. The van der Waals surface area contributed by atoms with Crippen LogP contribution in [0.2, 0.25) is 0 Å². The topological polar surface area (TPSA) is 52.6 Å². The molecule has 0 aliphatic carbocycles. The van der Waals surface area contributed by atoms with Crippen molar-refractivity contribution in [2.75, 3.05) is 0 Å². The first-order valence-electron chi connectivity index (χ1n) is 8.38. The number of hydrogen-bond donors (Lipinski definition) is 0. The monoisotopic (exact) mass is 378 g/mol. The molecule has 3 aromatic rings. The summed E-state index contributed by atoms with van der Waals surface area (Å²) in [7, 11) is 0. The van der Waals surface area contributed by atoms with Crippen molar-refractivity contribution in [3.05, 3.63) is 85.7 Å². The van der Waals surface area contributed by atoms with E-state index in [1.807, 2.05) is 13.0 Å². The van der Waals surface area contributed by atoms with Gasteiger partial charge in [0.2, 0.25) is 0 Å². The quantitative estimate of drug-likeness (QED) is 0.194. The number of esters is 1. The maximum atomic E-state index is 14.5. The number of ether oxygens (including phenoxy) is 2. The van der Waals surface area contributed by atoms with Gasteiger partial charge in [-0.3, -0.25) is 4.79 Å².